The molecular formula is C10H13NO4S2. The summed E-state index contributed by atoms with van der Waals surface area (Å²) in [5, 5.41) is 8.57. The molecule has 1 aromatic heterocycles. The summed E-state index contributed by atoms with van der Waals surface area (Å²) >= 11 is 1.47. The van der Waals surface area contributed by atoms with Crippen molar-refractivity contribution >= 4 is 21.8 Å². The first-order valence-electron chi connectivity index (χ1n) is 4.80. The molecule has 0 aliphatic carbocycles. The van der Waals surface area contributed by atoms with Gasteiger partial charge in [-0.1, -0.05) is 5.92 Å². The van der Waals surface area contributed by atoms with Crippen LogP contribution in [0.5, 0.6) is 0 Å². The van der Waals surface area contributed by atoms with Gasteiger partial charge >= 0.3 is 0 Å². The fourth-order valence-corrected chi connectivity index (χ4v) is 2.65. The summed E-state index contributed by atoms with van der Waals surface area (Å²) in [5.74, 6) is 3.81. The van der Waals surface area contributed by atoms with Gasteiger partial charge in [0.1, 0.15) is 12.4 Å². The van der Waals surface area contributed by atoms with Gasteiger partial charge in [-0.3, -0.25) is 0 Å². The number of hydrogen-bond acceptors (Lipinski definition) is 5. The number of rotatable bonds is 7. The normalized spacial score (nSPS) is 11.3. The van der Waals surface area contributed by atoms with Crippen LogP contribution in [0.1, 0.15) is 5.76 Å². The highest BCUT2D eigenvalue weighted by molar-refractivity contribution is 7.99. The van der Waals surface area contributed by atoms with E-state index >= 15 is 0 Å². The lowest BCUT2D eigenvalue weighted by Crippen LogP contribution is -2.25. The second kappa shape index (κ2) is 6.71. The van der Waals surface area contributed by atoms with E-state index in [1.165, 1.54) is 23.9 Å². The Bertz CT molecular complexity index is 487. The van der Waals surface area contributed by atoms with E-state index in [1.54, 1.807) is 0 Å². The molecule has 0 saturated carbocycles. The topological polar surface area (TPSA) is 79.5 Å². The Hall–Kier alpha value is -0.940. The number of thioether (sulfide) groups is 1. The highest BCUT2D eigenvalue weighted by Gasteiger charge is 2.17. The Morgan fingerprint density at radius 2 is 2.29 bits per heavy atom. The van der Waals surface area contributed by atoms with E-state index in [0.29, 0.717) is 11.5 Å². The van der Waals surface area contributed by atoms with Crippen LogP contribution in [0.25, 0.3) is 0 Å². The molecule has 1 heterocycles. The van der Waals surface area contributed by atoms with E-state index in [2.05, 4.69) is 10.6 Å². The lowest BCUT2D eigenvalue weighted by atomic mass is 10.5. The Balaban J connectivity index is 2.49. The number of nitrogens with one attached hydrogen (secondary N) is 1. The molecule has 2 N–H and O–H groups in total. The molecule has 0 aliphatic rings. The van der Waals surface area contributed by atoms with Crippen LogP contribution in [0.2, 0.25) is 0 Å². The largest absolute Gasteiger partial charge is 0.446 e. The molecular weight excluding hydrogens is 262 g/mol. The van der Waals surface area contributed by atoms with Crippen molar-refractivity contribution in [3.05, 3.63) is 17.9 Å². The zero-order chi connectivity index (χ0) is 12.7. The van der Waals surface area contributed by atoms with Gasteiger partial charge in [-0.15, -0.1) is 18.2 Å². The van der Waals surface area contributed by atoms with Crippen molar-refractivity contribution in [3.8, 4) is 12.3 Å². The van der Waals surface area contributed by atoms with E-state index < -0.39 is 10.0 Å². The van der Waals surface area contributed by atoms with Gasteiger partial charge in [0.25, 0.3) is 10.0 Å². The second-order valence-corrected chi connectivity index (χ2v) is 5.84. The van der Waals surface area contributed by atoms with Crippen LogP contribution in [-0.4, -0.2) is 31.6 Å². The van der Waals surface area contributed by atoms with Crippen molar-refractivity contribution in [3.63, 3.8) is 0 Å². The molecule has 0 unspecified atom stereocenters. The highest BCUT2D eigenvalue weighted by atomic mass is 32.2. The van der Waals surface area contributed by atoms with Crippen LogP contribution in [0.4, 0.5) is 0 Å². The van der Waals surface area contributed by atoms with Gasteiger partial charge in [0.2, 0.25) is 5.09 Å². The average molecular weight is 275 g/mol. The summed E-state index contributed by atoms with van der Waals surface area (Å²) < 4.78 is 30.6. The minimum atomic E-state index is -3.63. The minimum absolute atomic E-state index is 0.191. The average Bonchev–Trinajstić information content (AvgIpc) is 2.78. The number of hydrogen-bond donors (Lipinski definition) is 2. The predicted molar refractivity (Wildman–Crippen MR) is 66.0 cm³/mol. The molecule has 94 valence electrons. The SMILES string of the molecule is C#CCSCCNS(=O)(=O)c1ccc(CO)o1. The molecule has 7 heteroatoms. The fourth-order valence-electron chi connectivity index (χ4n) is 1.04. The van der Waals surface area contributed by atoms with Gasteiger partial charge in [-0.25, -0.2) is 13.1 Å². The van der Waals surface area contributed by atoms with Crippen molar-refractivity contribution in [2.75, 3.05) is 18.1 Å². The minimum Gasteiger partial charge on any atom is -0.446 e. The van der Waals surface area contributed by atoms with E-state index in [4.69, 9.17) is 15.9 Å². The molecule has 0 saturated heterocycles. The standard InChI is InChI=1S/C10H13NO4S2/c1-2-6-16-7-5-11-17(13,14)10-4-3-9(8-12)15-10/h1,3-4,11-12H,5-8H2. The zero-order valence-corrected chi connectivity index (χ0v) is 10.7. The molecule has 17 heavy (non-hydrogen) atoms. The number of aliphatic hydroxyl groups excluding tert-OH is 1. The molecule has 1 rings (SSSR count). The molecule has 5 nitrogen and oxygen atoms in total. The summed E-state index contributed by atoms with van der Waals surface area (Å²) in [7, 11) is -3.63. The Morgan fingerprint density at radius 3 is 2.88 bits per heavy atom. The maximum atomic E-state index is 11.7. The monoisotopic (exact) mass is 275 g/mol. The first kappa shape index (κ1) is 14.1. The summed E-state index contributed by atoms with van der Waals surface area (Å²) in [6.07, 6.45) is 5.06. The number of sulfonamides is 1. The molecule has 0 fully saturated rings. The highest BCUT2D eigenvalue weighted by Crippen LogP contribution is 2.13. The molecule has 1 aromatic rings. The summed E-state index contributed by atoms with van der Waals surface area (Å²) in [6.45, 7) is -0.0443. The van der Waals surface area contributed by atoms with Crippen LogP contribution in [0.3, 0.4) is 0 Å². The lowest BCUT2D eigenvalue weighted by molar-refractivity contribution is 0.236. The Labute approximate surface area is 105 Å². The third-order valence-electron chi connectivity index (χ3n) is 1.78. The second-order valence-electron chi connectivity index (χ2n) is 3.03. The van der Waals surface area contributed by atoms with E-state index in [0.717, 1.165) is 0 Å². The third-order valence-corrected chi connectivity index (χ3v) is 3.98. The molecule has 0 amide bonds. The van der Waals surface area contributed by atoms with Crippen molar-refractivity contribution in [2.45, 2.75) is 11.7 Å². The van der Waals surface area contributed by atoms with Crippen molar-refractivity contribution in [2.24, 2.45) is 0 Å². The zero-order valence-electron chi connectivity index (χ0n) is 9.05. The summed E-state index contributed by atoms with van der Waals surface area (Å²) in [5.41, 5.74) is 0. The van der Waals surface area contributed by atoms with Crippen molar-refractivity contribution < 1.29 is 17.9 Å². The smallest absolute Gasteiger partial charge is 0.273 e. The van der Waals surface area contributed by atoms with E-state index in [1.807, 2.05) is 0 Å². The Kier molecular flexibility index (Phi) is 5.58. The van der Waals surface area contributed by atoms with Crippen molar-refractivity contribution in [1.82, 2.24) is 4.72 Å². The van der Waals surface area contributed by atoms with Crippen LogP contribution in [0, 0.1) is 12.3 Å². The van der Waals surface area contributed by atoms with Crippen LogP contribution in [0.15, 0.2) is 21.6 Å². The van der Waals surface area contributed by atoms with Crippen molar-refractivity contribution in [1.29, 1.82) is 0 Å². The van der Waals surface area contributed by atoms with Crippen LogP contribution in [-0.2, 0) is 16.6 Å². The first-order valence-corrected chi connectivity index (χ1v) is 7.44. The lowest BCUT2D eigenvalue weighted by Gasteiger charge is -2.02. The number of aliphatic hydroxyl groups is 1. The van der Waals surface area contributed by atoms with Gasteiger partial charge < -0.3 is 9.52 Å². The third kappa shape index (κ3) is 4.44. The molecule has 0 atom stereocenters. The van der Waals surface area contributed by atoms with Gasteiger partial charge in [0.15, 0.2) is 0 Å². The van der Waals surface area contributed by atoms with Gasteiger partial charge in [0, 0.05) is 12.3 Å². The fraction of sp³-hybridized carbons (Fsp3) is 0.400. The molecule has 0 bridgehead atoms. The first-order chi connectivity index (χ1) is 8.10. The molecule has 0 radical (unpaired) electrons. The summed E-state index contributed by atoms with van der Waals surface area (Å²) in [6, 6.07) is 2.73. The van der Waals surface area contributed by atoms with Gasteiger partial charge in [-0.05, 0) is 12.1 Å². The Morgan fingerprint density at radius 1 is 1.53 bits per heavy atom. The van der Waals surface area contributed by atoms with E-state index in [9.17, 15) is 8.42 Å². The van der Waals surface area contributed by atoms with Crippen LogP contribution >= 0.6 is 11.8 Å². The van der Waals surface area contributed by atoms with Crippen LogP contribution < -0.4 is 4.72 Å². The van der Waals surface area contributed by atoms with Gasteiger partial charge in [-0.2, -0.15) is 0 Å². The number of terminal acetylenes is 1. The maximum Gasteiger partial charge on any atom is 0.273 e. The van der Waals surface area contributed by atoms with Gasteiger partial charge in [0.05, 0.1) is 5.75 Å². The predicted octanol–water partition coefficient (Wildman–Crippen LogP) is 0.417. The maximum absolute atomic E-state index is 11.7. The molecule has 0 spiro atoms. The molecule has 0 aromatic carbocycles. The summed E-state index contributed by atoms with van der Waals surface area (Å²) in [4.78, 5) is 0. The quantitative estimate of drug-likeness (QED) is 0.557. The number of furan rings is 1. The molecule has 0 aliphatic heterocycles. The van der Waals surface area contributed by atoms with E-state index in [-0.39, 0.29) is 24.0 Å².